The Kier molecular flexibility index (Phi) is 5.26. The number of sulfonamides is 2. The zero-order valence-corrected chi connectivity index (χ0v) is 16.3. The summed E-state index contributed by atoms with van der Waals surface area (Å²) in [7, 11) is -5.56. The number of benzene rings is 1. The van der Waals surface area contributed by atoms with E-state index in [0.717, 1.165) is 38.5 Å². The van der Waals surface area contributed by atoms with E-state index < -0.39 is 20.0 Å². The van der Waals surface area contributed by atoms with Crippen molar-refractivity contribution in [3.8, 4) is 0 Å². The van der Waals surface area contributed by atoms with E-state index in [1.54, 1.807) is 7.05 Å². The Bertz CT molecular complexity index is 807. The normalized spacial score (nSPS) is 25.2. The molecule has 0 radical (unpaired) electrons. The van der Waals surface area contributed by atoms with E-state index in [4.69, 9.17) is 0 Å². The van der Waals surface area contributed by atoms with Crippen LogP contribution >= 0.6 is 0 Å². The standard InChI is InChI=1S/C17H26N2O4S2/c1-13-3-7-15(8-4-13)19(2)25(22,23)17-11-9-16(10-12-17)24(20,21)18-14-5-6-14/h9-15,18H,3-8H2,1-2H3. The quantitative estimate of drug-likeness (QED) is 0.813. The molecule has 1 N–H and O–H groups in total. The van der Waals surface area contributed by atoms with Gasteiger partial charge in [-0.25, -0.2) is 21.6 Å². The van der Waals surface area contributed by atoms with E-state index in [1.807, 2.05) is 0 Å². The van der Waals surface area contributed by atoms with Gasteiger partial charge in [-0.05, 0) is 68.7 Å². The fraction of sp³-hybridized carbons (Fsp3) is 0.647. The van der Waals surface area contributed by atoms with Crippen LogP contribution in [0.2, 0.25) is 0 Å². The summed E-state index contributed by atoms with van der Waals surface area (Å²) in [5.41, 5.74) is 0. The van der Waals surface area contributed by atoms with Crippen molar-refractivity contribution in [1.82, 2.24) is 9.03 Å². The number of rotatable bonds is 6. The van der Waals surface area contributed by atoms with Gasteiger partial charge in [-0.3, -0.25) is 0 Å². The molecule has 0 saturated heterocycles. The van der Waals surface area contributed by atoms with Crippen molar-refractivity contribution in [3.05, 3.63) is 24.3 Å². The second kappa shape index (κ2) is 6.98. The smallest absolute Gasteiger partial charge is 0.208 e. The summed E-state index contributed by atoms with van der Waals surface area (Å²) >= 11 is 0. The van der Waals surface area contributed by atoms with E-state index in [2.05, 4.69) is 11.6 Å². The molecule has 1 aromatic carbocycles. The molecule has 2 aliphatic rings. The van der Waals surface area contributed by atoms with Crippen molar-refractivity contribution in [2.24, 2.45) is 5.92 Å². The van der Waals surface area contributed by atoms with Crippen molar-refractivity contribution in [2.45, 2.75) is 67.3 Å². The van der Waals surface area contributed by atoms with Crippen LogP contribution < -0.4 is 4.72 Å². The highest BCUT2D eigenvalue weighted by atomic mass is 32.2. The predicted molar refractivity (Wildman–Crippen MR) is 96.2 cm³/mol. The van der Waals surface area contributed by atoms with Crippen LogP contribution in [-0.2, 0) is 20.0 Å². The third-order valence-corrected chi connectivity index (χ3v) is 8.67. The van der Waals surface area contributed by atoms with E-state index >= 15 is 0 Å². The molecule has 6 nitrogen and oxygen atoms in total. The average molecular weight is 387 g/mol. The summed E-state index contributed by atoms with van der Waals surface area (Å²) in [5.74, 6) is 0.649. The maximum Gasteiger partial charge on any atom is 0.243 e. The molecule has 2 fully saturated rings. The molecule has 1 aromatic rings. The van der Waals surface area contributed by atoms with Gasteiger partial charge in [0.05, 0.1) is 9.79 Å². The van der Waals surface area contributed by atoms with Crippen LogP contribution in [0.5, 0.6) is 0 Å². The summed E-state index contributed by atoms with van der Waals surface area (Å²) in [5, 5.41) is 0. The summed E-state index contributed by atoms with van der Waals surface area (Å²) in [6.07, 6.45) is 5.53. The number of nitrogens with one attached hydrogen (secondary N) is 1. The van der Waals surface area contributed by atoms with Gasteiger partial charge >= 0.3 is 0 Å². The maximum absolute atomic E-state index is 12.8. The van der Waals surface area contributed by atoms with Crippen LogP contribution in [0.1, 0.15) is 45.4 Å². The molecule has 3 rings (SSSR count). The lowest BCUT2D eigenvalue weighted by molar-refractivity contribution is 0.246. The number of nitrogens with zero attached hydrogens (tertiary/aromatic N) is 1. The van der Waals surface area contributed by atoms with Crippen LogP contribution in [0.4, 0.5) is 0 Å². The molecule has 8 heteroatoms. The van der Waals surface area contributed by atoms with Gasteiger partial charge in [0, 0.05) is 19.1 Å². The monoisotopic (exact) mass is 386 g/mol. The van der Waals surface area contributed by atoms with Crippen LogP contribution in [0.25, 0.3) is 0 Å². The molecule has 2 aliphatic carbocycles. The Morgan fingerprint density at radius 1 is 0.880 bits per heavy atom. The first kappa shape index (κ1) is 18.8. The zero-order valence-electron chi connectivity index (χ0n) is 14.7. The lowest BCUT2D eigenvalue weighted by atomic mass is 9.87. The minimum absolute atomic E-state index is 0.0149. The predicted octanol–water partition coefficient (Wildman–Crippen LogP) is 2.33. The van der Waals surface area contributed by atoms with E-state index in [1.165, 1.54) is 28.6 Å². The van der Waals surface area contributed by atoms with Crippen LogP contribution in [0.15, 0.2) is 34.1 Å². The van der Waals surface area contributed by atoms with E-state index in [9.17, 15) is 16.8 Å². The lowest BCUT2D eigenvalue weighted by Crippen LogP contribution is -2.39. The second-order valence-corrected chi connectivity index (χ2v) is 11.0. The third-order valence-electron chi connectivity index (χ3n) is 5.21. The summed E-state index contributed by atoms with van der Waals surface area (Å²) < 4.78 is 54.1. The Labute approximate surface area is 150 Å². The van der Waals surface area contributed by atoms with Gasteiger partial charge < -0.3 is 0 Å². The molecule has 25 heavy (non-hydrogen) atoms. The first-order valence-electron chi connectivity index (χ1n) is 8.80. The molecule has 0 atom stereocenters. The van der Waals surface area contributed by atoms with E-state index in [-0.39, 0.29) is 21.9 Å². The molecular formula is C17H26N2O4S2. The summed E-state index contributed by atoms with van der Waals surface area (Å²) in [6.45, 7) is 2.19. The van der Waals surface area contributed by atoms with Crippen LogP contribution in [0.3, 0.4) is 0 Å². The largest absolute Gasteiger partial charge is 0.243 e. The Balaban J connectivity index is 1.76. The molecule has 0 heterocycles. The fourth-order valence-electron chi connectivity index (χ4n) is 3.25. The fourth-order valence-corrected chi connectivity index (χ4v) is 5.97. The van der Waals surface area contributed by atoms with Crippen molar-refractivity contribution < 1.29 is 16.8 Å². The van der Waals surface area contributed by atoms with Gasteiger partial charge in [-0.1, -0.05) is 6.92 Å². The Morgan fingerprint density at radius 2 is 1.40 bits per heavy atom. The lowest BCUT2D eigenvalue weighted by Gasteiger charge is -2.32. The topological polar surface area (TPSA) is 83.6 Å². The van der Waals surface area contributed by atoms with Gasteiger partial charge in [0.2, 0.25) is 20.0 Å². The highest BCUT2D eigenvalue weighted by Gasteiger charge is 2.31. The summed E-state index contributed by atoms with van der Waals surface area (Å²) in [4.78, 5) is 0.242. The number of hydrogen-bond acceptors (Lipinski definition) is 4. The van der Waals surface area contributed by atoms with Crippen molar-refractivity contribution in [1.29, 1.82) is 0 Å². The molecular weight excluding hydrogens is 360 g/mol. The first-order valence-corrected chi connectivity index (χ1v) is 11.7. The molecule has 140 valence electrons. The highest BCUT2D eigenvalue weighted by Crippen LogP contribution is 2.30. The minimum atomic E-state index is -3.61. The molecule has 0 aliphatic heterocycles. The molecule has 2 saturated carbocycles. The van der Waals surface area contributed by atoms with Crippen LogP contribution in [-0.4, -0.2) is 40.3 Å². The van der Waals surface area contributed by atoms with E-state index in [0.29, 0.717) is 5.92 Å². The van der Waals surface area contributed by atoms with Gasteiger partial charge in [0.25, 0.3) is 0 Å². The highest BCUT2D eigenvalue weighted by molar-refractivity contribution is 7.89. The molecule has 0 aromatic heterocycles. The number of hydrogen-bond donors (Lipinski definition) is 1. The maximum atomic E-state index is 12.8. The second-order valence-electron chi connectivity index (χ2n) is 7.30. The van der Waals surface area contributed by atoms with Crippen molar-refractivity contribution >= 4 is 20.0 Å². The van der Waals surface area contributed by atoms with Crippen molar-refractivity contribution in [3.63, 3.8) is 0 Å². The Hall–Kier alpha value is -0.960. The molecule has 0 amide bonds. The summed E-state index contributed by atoms with van der Waals surface area (Å²) in [6, 6.07) is 5.55. The zero-order chi connectivity index (χ0) is 18.2. The first-order chi connectivity index (χ1) is 11.7. The van der Waals surface area contributed by atoms with Gasteiger partial charge in [-0.2, -0.15) is 4.31 Å². The Morgan fingerprint density at radius 3 is 1.92 bits per heavy atom. The van der Waals surface area contributed by atoms with Crippen molar-refractivity contribution in [2.75, 3.05) is 7.05 Å². The molecule has 0 spiro atoms. The van der Waals surface area contributed by atoms with Gasteiger partial charge in [0.15, 0.2) is 0 Å². The van der Waals surface area contributed by atoms with Gasteiger partial charge in [-0.15, -0.1) is 0 Å². The van der Waals surface area contributed by atoms with Gasteiger partial charge in [0.1, 0.15) is 0 Å². The molecule has 0 bridgehead atoms. The minimum Gasteiger partial charge on any atom is -0.208 e. The SMILES string of the molecule is CC1CCC(N(C)S(=O)(=O)c2ccc(S(=O)(=O)NC3CC3)cc2)CC1. The average Bonchev–Trinajstić information content (AvgIpc) is 3.38. The molecule has 0 unspecified atom stereocenters. The van der Waals surface area contributed by atoms with Crippen LogP contribution in [0, 0.1) is 5.92 Å². The third kappa shape index (κ3) is 4.24.